The third-order valence-corrected chi connectivity index (χ3v) is 4.55. The van der Waals surface area contributed by atoms with Crippen LogP contribution in [0.2, 0.25) is 0 Å². The number of pyridine rings is 1. The molecule has 0 amide bonds. The largest absolute Gasteiger partial charge is 1.00 e. The highest BCUT2D eigenvalue weighted by Crippen LogP contribution is 2.10. The quantitative estimate of drug-likeness (QED) is 0.365. The first kappa shape index (κ1) is 22.1. The Morgan fingerprint density at radius 1 is 0.652 bits per heavy atom. The second kappa shape index (κ2) is 16.0. The number of aryl methyl sites for hydroxylation is 2. The molecule has 0 spiro atoms. The summed E-state index contributed by atoms with van der Waals surface area (Å²) in [7, 11) is 0. The van der Waals surface area contributed by atoms with Crippen LogP contribution in [0.1, 0.15) is 96.5 Å². The number of halogens is 1. The van der Waals surface area contributed by atoms with Crippen LogP contribution in [0.4, 0.5) is 0 Å². The highest BCUT2D eigenvalue weighted by Gasteiger charge is 2.01. The topological polar surface area (TPSA) is 3.88 Å². The molecule has 0 aliphatic rings. The van der Waals surface area contributed by atoms with Crippen molar-refractivity contribution in [2.24, 2.45) is 0 Å². The van der Waals surface area contributed by atoms with Gasteiger partial charge in [0.25, 0.3) is 0 Å². The molecule has 0 aliphatic carbocycles. The number of hydrogen-bond donors (Lipinski definition) is 0. The summed E-state index contributed by atoms with van der Waals surface area (Å²) < 4.78 is 2.35. The fraction of sp³-hybridized carbons (Fsp3) is 0.762. The monoisotopic (exact) mass is 323 g/mol. The molecular weight excluding hydrogens is 285 g/mol. The fourth-order valence-corrected chi connectivity index (χ4v) is 2.97. The molecule has 1 heterocycles. The van der Waals surface area contributed by atoms with Gasteiger partial charge in [0.15, 0.2) is 12.4 Å². The van der Waals surface area contributed by atoms with Crippen LogP contribution in [0, 0.1) is 0 Å². The molecule has 1 aromatic rings. The molecule has 0 atom stereocenters. The van der Waals surface area contributed by atoms with Crippen molar-refractivity contribution in [2.75, 3.05) is 0 Å². The molecule has 134 valence electrons. The van der Waals surface area contributed by atoms with Crippen LogP contribution < -0.4 is 9.27 Å². The van der Waals surface area contributed by atoms with Gasteiger partial charge in [-0.05, 0) is 24.8 Å². The van der Waals surface area contributed by atoms with Crippen LogP contribution >= 0.6 is 0 Å². The predicted octanol–water partition coefficient (Wildman–Crippen LogP) is 3.24. The molecule has 0 fully saturated rings. The summed E-state index contributed by atoms with van der Waals surface area (Å²) in [5.74, 6) is 0. The average molecular weight is 324 g/mol. The second-order valence-electron chi connectivity index (χ2n) is 6.73. The van der Waals surface area contributed by atoms with Gasteiger partial charge in [0.1, 0.15) is 6.54 Å². The molecular formula is C21H38FN. The zero-order valence-corrected chi connectivity index (χ0v) is 15.5. The van der Waals surface area contributed by atoms with Crippen molar-refractivity contribution in [3.05, 3.63) is 30.1 Å². The Morgan fingerprint density at radius 2 is 1.13 bits per heavy atom. The first-order valence-electron chi connectivity index (χ1n) is 9.84. The third-order valence-electron chi connectivity index (χ3n) is 4.55. The summed E-state index contributed by atoms with van der Waals surface area (Å²) in [6.45, 7) is 5.73. The lowest BCUT2D eigenvalue weighted by Crippen LogP contribution is -3.00. The van der Waals surface area contributed by atoms with Crippen molar-refractivity contribution >= 4 is 0 Å². The Hall–Kier alpha value is -0.920. The van der Waals surface area contributed by atoms with Crippen LogP contribution in [0.15, 0.2) is 24.5 Å². The number of rotatable bonds is 14. The standard InChI is InChI=1S/C21H38N.FH/c1-3-5-7-8-9-10-11-12-13-14-18-22-19-16-21(17-20-22)15-6-4-2;/h16-17,19-20H,3-15,18H2,1-2H3;1H/q+1;/p-1. The molecule has 0 radical (unpaired) electrons. The van der Waals surface area contributed by atoms with Crippen LogP contribution in [-0.2, 0) is 13.0 Å². The molecule has 0 aromatic carbocycles. The van der Waals surface area contributed by atoms with E-state index in [1.165, 1.54) is 95.6 Å². The Bertz CT molecular complexity index is 347. The number of aromatic nitrogens is 1. The van der Waals surface area contributed by atoms with Crippen molar-refractivity contribution in [1.29, 1.82) is 0 Å². The minimum Gasteiger partial charge on any atom is -1.00 e. The van der Waals surface area contributed by atoms with Gasteiger partial charge in [-0.25, -0.2) is 4.57 Å². The molecule has 1 aromatic heterocycles. The summed E-state index contributed by atoms with van der Waals surface area (Å²) in [6.07, 6.45) is 22.5. The summed E-state index contributed by atoms with van der Waals surface area (Å²) in [6, 6.07) is 4.60. The molecule has 0 unspecified atom stereocenters. The summed E-state index contributed by atoms with van der Waals surface area (Å²) >= 11 is 0. The van der Waals surface area contributed by atoms with Gasteiger partial charge in [0, 0.05) is 18.6 Å². The van der Waals surface area contributed by atoms with E-state index in [-0.39, 0.29) is 4.70 Å². The first-order valence-corrected chi connectivity index (χ1v) is 9.84. The van der Waals surface area contributed by atoms with Crippen LogP contribution in [-0.4, -0.2) is 0 Å². The smallest absolute Gasteiger partial charge is 0.169 e. The fourth-order valence-electron chi connectivity index (χ4n) is 2.97. The highest BCUT2D eigenvalue weighted by atomic mass is 19.0. The minimum absolute atomic E-state index is 0. The Kier molecular flexibility index (Phi) is 15.3. The predicted molar refractivity (Wildman–Crippen MR) is 97.1 cm³/mol. The SMILES string of the molecule is CCCCCCCCCCCC[n+]1ccc(CCCC)cc1.[F-]. The van der Waals surface area contributed by atoms with Gasteiger partial charge in [-0.3, -0.25) is 0 Å². The van der Waals surface area contributed by atoms with E-state index in [0.29, 0.717) is 0 Å². The molecule has 1 nitrogen and oxygen atoms in total. The molecule has 0 N–H and O–H groups in total. The Labute approximate surface area is 143 Å². The molecule has 0 saturated carbocycles. The molecule has 0 saturated heterocycles. The van der Waals surface area contributed by atoms with Crippen LogP contribution in [0.5, 0.6) is 0 Å². The van der Waals surface area contributed by atoms with Crippen LogP contribution in [0.3, 0.4) is 0 Å². The summed E-state index contributed by atoms with van der Waals surface area (Å²) in [5.41, 5.74) is 1.49. The van der Waals surface area contributed by atoms with Crippen molar-refractivity contribution in [1.82, 2.24) is 0 Å². The Balaban J connectivity index is 0.00000484. The lowest BCUT2D eigenvalue weighted by atomic mass is 10.1. The number of unbranched alkanes of at least 4 members (excludes halogenated alkanes) is 10. The maximum absolute atomic E-state index is 2.35. The summed E-state index contributed by atoms with van der Waals surface area (Å²) in [5, 5.41) is 0. The van der Waals surface area contributed by atoms with E-state index >= 15 is 0 Å². The maximum atomic E-state index is 2.35. The van der Waals surface area contributed by atoms with E-state index in [4.69, 9.17) is 0 Å². The van der Waals surface area contributed by atoms with Crippen molar-refractivity contribution in [2.45, 2.75) is 104 Å². The van der Waals surface area contributed by atoms with Crippen molar-refractivity contribution in [3.8, 4) is 0 Å². The van der Waals surface area contributed by atoms with Crippen molar-refractivity contribution in [3.63, 3.8) is 0 Å². The van der Waals surface area contributed by atoms with Gasteiger partial charge < -0.3 is 4.70 Å². The third kappa shape index (κ3) is 12.2. The highest BCUT2D eigenvalue weighted by molar-refractivity contribution is 5.06. The first-order chi connectivity index (χ1) is 10.9. The van der Waals surface area contributed by atoms with Gasteiger partial charge in [-0.1, -0.05) is 71.6 Å². The van der Waals surface area contributed by atoms with Gasteiger partial charge in [0.05, 0.1) is 0 Å². The van der Waals surface area contributed by atoms with Gasteiger partial charge in [0.2, 0.25) is 0 Å². The molecule has 23 heavy (non-hydrogen) atoms. The van der Waals surface area contributed by atoms with E-state index in [1.54, 1.807) is 0 Å². The lowest BCUT2D eigenvalue weighted by molar-refractivity contribution is -0.697. The number of nitrogens with zero attached hydrogens (tertiary/aromatic N) is 1. The van der Waals surface area contributed by atoms with E-state index in [0.717, 1.165) is 0 Å². The molecule has 0 aliphatic heterocycles. The van der Waals surface area contributed by atoms with Gasteiger partial charge in [-0.2, -0.15) is 0 Å². The lowest BCUT2D eigenvalue weighted by Gasteiger charge is -2.02. The average Bonchev–Trinajstić information content (AvgIpc) is 2.56. The maximum Gasteiger partial charge on any atom is 0.169 e. The van der Waals surface area contributed by atoms with Crippen molar-refractivity contribution < 1.29 is 9.27 Å². The van der Waals surface area contributed by atoms with Gasteiger partial charge >= 0.3 is 0 Å². The van der Waals surface area contributed by atoms with E-state index < -0.39 is 0 Å². The second-order valence-corrected chi connectivity index (χ2v) is 6.73. The Morgan fingerprint density at radius 3 is 1.65 bits per heavy atom. The molecule has 1 rings (SSSR count). The van der Waals surface area contributed by atoms with E-state index in [2.05, 4.69) is 42.9 Å². The zero-order valence-electron chi connectivity index (χ0n) is 15.5. The normalized spacial score (nSPS) is 10.5. The van der Waals surface area contributed by atoms with E-state index in [1.807, 2.05) is 0 Å². The molecule has 2 heteroatoms. The molecule has 0 bridgehead atoms. The zero-order chi connectivity index (χ0) is 15.9. The minimum atomic E-state index is 0. The summed E-state index contributed by atoms with van der Waals surface area (Å²) in [4.78, 5) is 0. The van der Waals surface area contributed by atoms with E-state index in [9.17, 15) is 0 Å². The van der Waals surface area contributed by atoms with Gasteiger partial charge in [-0.15, -0.1) is 0 Å². The van der Waals surface area contributed by atoms with Crippen LogP contribution in [0.25, 0.3) is 0 Å². The number of hydrogen-bond acceptors (Lipinski definition) is 0.